The average molecular weight is 245 g/mol. The summed E-state index contributed by atoms with van der Waals surface area (Å²) in [5.41, 5.74) is 9.25. The summed E-state index contributed by atoms with van der Waals surface area (Å²) in [5.74, 6) is 0.307. The van der Waals surface area contributed by atoms with Crippen LogP contribution in [0.2, 0.25) is 0 Å². The largest absolute Gasteiger partial charge is 0.342 e. The van der Waals surface area contributed by atoms with Gasteiger partial charge < -0.3 is 4.90 Å². The number of hydrogen-bond donors (Lipinski definition) is 0. The Hall–Kier alpha value is -2.07. The van der Waals surface area contributed by atoms with Crippen LogP contribution in [0.3, 0.4) is 0 Å². The molecule has 0 radical (unpaired) electrons. The molecule has 94 valence electrons. The molecular weight excluding hydrogens is 230 g/mol. The van der Waals surface area contributed by atoms with E-state index in [1.165, 1.54) is 0 Å². The topological polar surface area (TPSA) is 82.0 Å². The third-order valence-corrected chi connectivity index (χ3v) is 3.06. The Bertz CT molecular complexity index is 455. The fourth-order valence-electron chi connectivity index (χ4n) is 2.14. The van der Waals surface area contributed by atoms with Crippen molar-refractivity contribution < 1.29 is 4.79 Å². The smallest absolute Gasteiger partial charge is 0.222 e. The van der Waals surface area contributed by atoms with Crippen LogP contribution in [0.1, 0.15) is 12.1 Å². The lowest BCUT2D eigenvalue weighted by atomic mass is 10.1. The number of aromatic nitrogens is 1. The van der Waals surface area contributed by atoms with Gasteiger partial charge in [-0.15, -0.1) is 0 Å². The molecule has 1 aromatic rings. The van der Waals surface area contributed by atoms with Gasteiger partial charge in [-0.25, -0.2) is 0 Å². The number of hydrogen-bond acceptors (Lipinski definition) is 3. The van der Waals surface area contributed by atoms with Crippen LogP contribution in [0, 0.1) is 5.92 Å². The van der Waals surface area contributed by atoms with Gasteiger partial charge in [0.1, 0.15) is 0 Å². The second-order valence-electron chi connectivity index (χ2n) is 4.39. The van der Waals surface area contributed by atoms with Gasteiger partial charge in [-0.2, -0.15) is 0 Å². The molecule has 2 heterocycles. The highest BCUT2D eigenvalue weighted by atomic mass is 16.2. The van der Waals surface area contributed by atoms with Crippen molar-refractivity contribution in [2.75, 3.05) is 19.6 Å². The van der Waals surface area contributed by atoms with Crippen LogP contribution in [0.5, 0.6) is 0 Å². The van der Waals surface area contributed by atoms with Crippen molar-refractivity contribution in [1.29, 1.82) is 0 Å². The van der Waals surface area contributed by atoms with Crippen LogP contribution in [0.25, 0.3) is 10.4 Å². The minimum absolute atomic E-state index is 0.143. The van der Waals surface area contributed by atoms with Crippen molar-refractivity contribution in [2.24, 2.45) is 11.0 Å². The Morgan fingerprint density at radius 2 is 2.44 bits per heavy atom. The van der Waals surface area contributed by atoms with Gasteiger partial charge in [-0.05, 0) is 23.6 Å². The van der Waals surface area contributed by atoms with Crippen molar-refractivity contribution in [3.63, 3.8) is 0 Å². The third-order valence-electron chi connectivity index (χ3n) is 3.06. The van der Waals surface area contributed by atoms with Crippen LogP contribution in [0.15, 0.2) is 29.5 Å². The van der Waals surface area contributed by atoms with Crippen LogP contribution >= 0.6 is 0 Å². The second-order valence-corrected chi connectivity index (χ2v) is 4.39. The summed E-state index contributed by atoms with van der Waals surface area (Å²) in [6, 6.07) is 5.77. The summed E-state index contributed by atoms with van der Waals surface area (Å²) in [5, 5.41) is 3.53. The number of rotatable bonds is 5. The van der Waals surface area contributed by atoms with Gasteiger partial charge in [-0.3, -0.25) is 9.78 Å². The van der Waals surface area contributed by atoms with Crippen LogP contribution in [-0.2, 0) is 11.2 Å². The summed E-state index contributed by atoms with van der Waals surface area (Å²) in [4.78, 5) is 20.5. The Balaban J connectivity index is 1.83. The molecule has 1 saturated heterocycles. The molecule has 0 N–H and O–H groups in total. The maximum absolute atomic E-state index is 11.7. The Morgan fingerprint density at radius 3 is 3.17 bits per heavy atom. The quantitative estimate of drug-likeness (QED) is 0.450. The summed E-state index contributed by atoms with van der Waals surface area (Å²) in [7, 11) is 0. The third kappa shape index (κ3) is 3.21. The SMILES string of the molecule is [N-]=[N+]=NCC1CC(=O)N(CCc2ccccn2)C1. The molecule has 6 nitrogen and oxygen atoms in total. The van der Waals surface area contributed by atoms with E-state index >= 15 is 0 Å². The molecule has 0 aliphatic carbocycles. The number of carbonyl (C=O) groups excluding carboxylic acids is 1. The van der Waals surface area contributed by atoms with Gasteiger partial charge in [0.25, 0.3) is 0 Å². The first-order valence-electron chi connectivity index (χ1n) is 5.98. The zero-order chi connectivity index (χ0) is 12.8. The van der Waals surface area contributed by atoms with Crippen LogP contribution in [0.4, 0.5) is 0 Å². The first-order valence-corrected chi connectivity index (χ1v) is 5.98. The van der Waals surface area contributed by atoms with E-state index in [1.54, 1.807) is 6.20 Å². The van der Waals surface area contributed by atoms with Gasteiger partial charge in [0.2, 0.25) is 5.91 Å². The van der Waals surface area contributed by atoms with E-state index in [-0.39, 0.29) is 11.8 Å². The zero-order valence-corrected chi connectivity index (χ0v) is 10.1. The van der Waals surface area contributed by atoms with Crippen LogP contribution in [-0.4, -0.2) is 35.4 Å². The minimum Gasteiger partial charge on any atom is -0.342 e. The molecule has 1 unspecified atom stereocenters. The highest BCUT2D eigenvalue weighted by Crippen LogP contribution is 2.18. The molecule has 0 spiro atoms. The Labute approximate surface area is 105 Å². The average Bonchev–Trinajstić information content (AvgIpc) is 2.76. The highest BCUT2D eigenvalue weighted by Gasteiger charge is 2.28. The lowest BCUT2D eigenvalue weighted by Crippen LogP contribution is -2.28. The lowest BCUT2D eigenvalue weighted by Gasteiger charge is -2.15. The predicted octanol–water partition coefficient (Wildman–Crippen LogP) is 1.78. The van der Waals surface area contributed by atoms with Crippen molar-refractivity contribution >= 4 is 5.91 Å². The number of pyridine rings is 1. The number of likely N-dealkylation sites (tertiary alicyclic amines) is 1. The maximum Gasteiger partial charge on any atom is 0.222 e. The molecule has 1 aromatic heterocycles. The standard InChI is InChI=1S/C12H15N5O/c13-16-15-8-10-7-12(18)17(9-10)6-4-11-3-1-2-5-14-11/h1-3,5,10H,4,6-9H2. The molecule has 1 atom stereocenters. The molecule has 6 heteroatoms. The van der Waals surface area contributed by atoms with E-state index in [0.717, 1.165) is 12.1 Å². The molecule has 1 fully saturated rings. The van der Waals surface area contributed by atoms with Crippen LogP contribution < -0.4 is 0 Å². The Morgan fingerprint density at radius 1 is 1.56 bits per heavy atom. The number of carbonyl (C=O) groups is 1. The van der Waals surface area contributed by atoms with Gasteiger partial charge in [0, 0.05) is 49.3 Å². The zero-order valence-electron chi connectivity index (χ0n) is 10.1. The second kappa shape index (κ2) is 6.02. The molecule has 0 saturated carbocycles. The summed E-state index contributed by atoms with van der Waals surface area (Å²) in [6.45, 7) is 1.77. The summed E-state index contributed by atoms with van der Waals surface area (Å²) in [6.07, 6.45) is 3.01. The van der Waals surface area contributed by atoms with Gasteiger partial charge in [-0.1, -0.05) is 11.2 Å². The van der Waals surface area contributed by atoms with E-state index in [2.05, 4.69) is 15.0 Å². The molecular formula is C12H15N5O. The van der Waals surface area contributed by atoms with Crippen molar-refractivity contribution in [3.8, 4) is 0 Å². The van der Waals surface area contributed by atoms with Gasteiger partial charge in [0.15, 0.2) is 0 Å². The first-order chi connectivity index (χ1) is 8.79. The fourth-order valence-corrected chi connectivity index (χ4v) is 2.14. The minimum atomic E-state index is 0.143. The summed E-state index contributed by atoms with van der Waals surface area (Å²) < 4.78 is 0. The van der Waals surface area contributed by atoms with E-state index in [9.17, 15) is 4.79 Å². The number of nitrogens with zero attached hydrogens (tertiary/aromatic N) is 5. The van der Waals surface area contributed by atoms with E-state index < -0.39 is 0 Å². The van der Waals surface area contributed by atoms with E-state index in [1.807, 2.05) is 23.1 Å². The normalized spacial score (nSPS) is 18.8. The summed E-state index contributed by atoms with van der Waals surface area (Å²) >= 11 is 0. The van der Waals surface area contributed by atoms with E-state index in [4.69, 9.17) is 5.53 Å². The Kier molecular flexibility index (Phi) is 4.15. The monoisotopic (exact) mass is 245 g/mol. The maximum atomic E-state index is 11.7. The van der Waals surface area contributed by atoms with Crippen molar-refractivity contribution in [3.05, 3.63) is 40.5 Å². The molecule has 0 bridgehead atoms. The molecule has 0 aromatic carbocycles. The lowest BCUT2D eigenvalue weighted by molar-refractivity contribution is -0.127. The number of azide groups is 1. The molecule has 2 rings (SSSR count). The molecule has 1 aliphatic rings. The van der Waals surface area contributed by atoms with Gasteiger partial charge in [0.05, 0.1) is 0 Å². The van der Waals surface area contributed by atoms with Gasteiger partial charge >= 0.3 is 0 Å². The van der Waals surface area contributed by atoms with Crippen molar-refractivity contribution in [1.82, 2.24) is 9.88 Å². The first kappa shape index (κ1) is 12.4. The molecule has 1 amide bonds. The number of amides is 1. The van der Waals surface area contributed by atoms with E-state index in [0.29, 0.717) is 26.1 Å². The molecule has 1 aliphatic heterocycles. The van der Waals surface area contributed by atoms with Crippen molar-refractivity contribution in [2.45, 2.75) is 12.8 Å². The molecule has 18 heavy (non-hydrogen) atoms. The highest BCUT2D eigenvalue weighted by molar-refractivity contribution is 5.78. The fraction of sp³-hybridized carbons (Fsp3) is 0.500. The predicted molar refractivity (Wildman–Crippen MR) is 66.6 cm³/mol.